The predicted octanol–water partition coefficient (Wildman–Crippen LogP) is 2.13. The van der Waals surface area contributed by atoms with Crippen LogP contribution in [0.3, 0.4) is 0 Å². The summed E-state index contributed by atoms with van der Waals surface area (Å²) in [6.45, 7) is 8.67. The van der Waals surface area contributed by atoms with Crippen molar-refractivity contribution in [1.82, 2.24) is 15.5 Å². The van der Waals surface area contributed by atoms with Gasteiger partial charge in [-0.05, 0) is 31.3 Å². The molecule has 0 unspecified atom stereocenters. The van der Waals surface area contributed by atoms with Crippen LogP contribution in [0.2, 0.25) is 0 Å². The molecule has 1 N–H and O–H groups in total. The Labute approximate surface area is 96.8 Å². The first-order valence-electron chi connectivity index (χ1n) is 6.08. The Kier molecular flexibility index (Phi) is 3.28. The first-order valence-corrected chi connectivity index (χ1v) is 6.08. The fourth-order valence-electron chi connectivity index (χ4n) is 2.04. The van der Waals surface area contributed by atoms with Crippen LogP contribution in [-0.4, -0.2) is 23.2 Å². The summed E-state index contributed by atoms with van der Waals surface area (Å²) in [6.07, 6.45) is 3.09. The number of nitrogens with one attached hydrogen (secondary N) is 1. The van der Waals surface area contributed by atoms with E-state index < -0.39 is 0 Å². The Hall–Kier alpha value is -0.900. The maximum absolute atomic E-state index is 5.31. The van der Waals surface area contributed by atoms with E-state index in [1.807, 2.05) is 0 Å². The van der Waals surface area contributed by atoms with Gasteiger partial charge in [0.15, 0.2) is 5.82 Å². The van der Waals surface area contributed by atoms with Crippen LogP contribution in [0.25, 0.3) is 0 Å². The number of piperidine rings is 1. The predicted molar refractivity (Wildman–Crippen MR) is 62.3 cm³/mol. The van der Waals surface area contributed by atoms with Gasteiger partial charge in [-0.1, -0.05) is 25.9 Å². The minimum Gasteiger partial charge on any atom is -0.339 e. The zero-order valence-electron chi connectivity index (χ0n) is 10.4. The summed E-state index contributed by atoms with van der Waals surface area (Å²) in [4.78, 5) is 4.51. The molecule has 1 aromatic rings. The fraction of sp³-hybridized carbons (Fsp3) is 0.833. The van der Waals surface area contributed by atoms with Crippen LogP contribution in [0.4, 0.5) is 0 Å². The topological polar surface area (TPSA) is 51.0 Å². The van der Waals surface area contributed by atoms with Crippen LogP contribution < -0.4 is 5.32 Å². The molecule has 4 nitrogen and oxygen atoms in total. The van der Waals surface area contributed by atoms with Gasteiger partial charge in [0, 0.05) is 12.3 Å². The van der Waals surface area contributed by atoms with E-state index >= 15 is 0 Å². The Morgan fingerprint density at radius 2 is 2.00 bits per heavy atom. The largest absolute Gasteiger partial charge is 0.339 e. The highest BCUT2D eigenvalue weighted by molar-refractivity contribution is 4.98. The van der Waals surface area contributed by atoms with Crippen molar-refractivity contribution in [3.63, 3.8) is 0 Å². The molecule has 0 amide bonds. The molecule has 1 fully saturated rings. The van der Waals surface area contributed by atoms with E-state index in [0.29, 0.717) is 5.92 Å². The van der Waals surface area contributed by atoms with E-state index in [0.717, 1.165) is 44.1 Å². The van der Waals surface area contributed by atoms with Crippen molar-refractivity contribution in [2.75, 3.05) is 13.1 Å². The molecule has 1 saturated heterocycles. The van der Waals surface area contributed by atoms with Crippen LogP contribution >= 0.6 is 0 Å². The van der Waals surface area contributed by atoms with Crippen molar-refractivity contribution in [2.24, 2.45) is 5.41 Å². The minimum absolute atomic E-state index is 0.206. The van der Waals surface area contributed by atoms with Gasteiger partial charge >= 0.3 is 0 Å². The van der Waals surface area contributed by atoms with Gasteiger partial charge in [-0.2, -0.15) is 4.98 Å². The maximum Gasteiger partial charge on any atom is 0.227 e. The molecule has 0 atom stereocenters. The summed E-state index contributed by atoms with van der Waals surface area (Å²) < 4.78 is 5.31. The first-order chi connectivity index (χ1) is 7.54. The van der Waals surface area contributed by atoms with Crippen molar-refractivity contribution in [1.29, 1.82) is 0 Å². The average Bonchev–Trinajstić information content (AvgIpc) is 2.65. The normalized spacial score (nSPS) is 18.9. The molecule has 0 spiro atoms. The average molecular weight is 223 g/mol. The SMILES string of the molecule is CC(C)(C)Cc1nc(C2CCNCC2)no1. The van der Waals surface area contributed by atoms with E-state index in [-0.39, 0.29) is 5.41 Å². The fourth-order valence-corrected chi connectivity index (χ4v) is 2.04. The number of hydrogen-bond donors (Lipinski definition) is 1. The zero-order chi connectivity index (χ0) is 11.6. The van der Waals surface area contributed by atoms with Crippen molar-refractivity contribution in [3.05, 3.63) is 11.7 Å². The molecule has 0 aliphatic carbocycles. The van der Waals surface area contributed by atoms with Crippen LogP contribution in [0, 0.1) is 5.41 Å². The summed E-state index contributed by atoms with van der Waals surface area (Å²) in [7, 11) is 0. The van der Waals surface area contributed by atoms with Gasteiger partial charge in [0.2, 0.25) is 5.89 Å². The molecule has 4 heteroatoms. The number of hydrogen-bond acceptors (Lipinski definition) is 4. The molecule has 16 heavy (non-hydrogen) atoms. The number of rotatable bonds is 2. The van der Waals surface area contributed by atoms with Crippen LogP contribution in [0.5, 0.6) is 0 Å². The van der Waals surface area contributed by atoms with E-state index in [1.54, 1.807) is 0 Å². The Morgan fingerprint density at radius 3 is 2.62 bits per heavy atom. The van der Waals surface area contributed by atoms with Crippen molar-refractivity contribution < 1.29 is 4.52 Å². The lowest BCUT2D eigenvalue weighted by atomic mass is 9.92. The molecule has 0 radical (unpaired) electrons. The molecule has 0 aromatic carbocycles. The van der Waals surface area contributed by atoms with Crippen LogP contribution in [0.1, 0.15) is 51.2 Å². The van der Waals surface area contributed by atoms with Crippen molar-refractivity contribution >= 4 is 0 Å². The first kappa shape index (κ1) is 11.6. The molecule has 2 rings (SSSR count). The van der Waals surface area contributed by atoms with Gasteiger partial charge in [-0.25, -0.2) is 0 Å². The van der Waals surface area contributed by atoms with Gasteiger partial charge in [0.25, 0.3) is 0 Å². The molecular weight excluding hydrogens is 202 g/mol. The second-order valence-electron chi connectivity index (χ2n) is 5.81. The number of nitrogens with zero attached hydrogens (tertiary/aromatic N) is 2. The third-order valence-corrected chi connectivity index (χ3v) is 2.87. The van der Waals surface area contributed by atoms with Gasteiger partial charge in [0.05, 0.1) is 0 Å². The molecule has 1 aromatic heterocycles. The van der Waals surface area contributed by atoms with Gasteiger partial charge in [-0.3, -0.25) is 0 Å². The second-order valence-corrected chi connectivity index (χ2v) is 5.81. The Bertz CT molecular complexity index is 334. The minimum atomic E-state index is 0.206. The van der Waals surface area contributed by atoms with Gasteiger partial charge < -0.3 is 9.84 Å². The molecule has 0 saturated carbocycles. The third-order valence-electron chi connectivity index (χ3n) is 2.87. The molecule has 1 aliphatic rings. The maximum atomic E-state index is 5.31. The third kappa shape index (κ3) is 3.04. The zero-order valence-corrected chi connectivity index (χ0v) is 10.4. The van der Waals surface area contributed by atoms with Gasteiger partial charge in [-0.15, -0.1) is 0 Å². The summed E-state index contributed by atoms with van der Waals surface area (Å²) >= 11 is 0. The number of aromatic nitrogens is 2. The summed E-state index contributed by atoms with van der Waals surface area (Å²) in [5, 5.41) is 7.45. The van der Waals surface area contributed by atoms with Crippen LogP contribution in [-0.2, 0) is 6.42 Å². The highest BCUT2D eigenvalue weighted by Crippen LogP contribution is 2.24. The quantitative estimate of drug-likeness (QED) is 0.834. The Morgan fingerprint density at radius 1 is 1.31 bits per heavy atom. The molecule has 90 valence electrons. The second kappa shape index (κ2) is 4.53. The van der Waals surface area contributed by atoms with E-state index in [4.69, 9.17) is 4.52 Å². The lowest BCUT2D eigenvalue weighted by molar-refractivity contribution is 0.309. The van der Waals surface area contributed by atoms with E-state index in [9.17, 15) is 0 Å². The van der Waals surface area contributed by atoms with Crippen LogP contribution in [0.15, 0.2) is 4.52 Å². The molecule has 1 aliphatic heterocycles. The lowest BCUT2D eigenvalue weighted by Crippen LogP contribution is -2.27. The Balaban J connectivity index is 2.01. The molecular formula is C12H21N3O. The van der Waals surface area contributed by atoms with E-state index in [1.165, 1.54) is 0 Å². The summed E-state index contributed by atoms with van der Waals surface area (Å²) in [5.41, 5.74) is 0.206. The molecule has 2 heterocycles. The highest BCUT2D eigenvalue weighted by Gasteiger charge is 2.22. The summed E-state index contributed by atoms with van der Waals surface area (Å²) in [6, 6.07) is 0. The lowest BCUT2D eigenvalue weighted by Gasteiger charge is -2.19. The summed E-state index contributed by atoms with van der Waals surface area (Å²) in [5.74, 6) is 2.17. The van der Waals surface area contributed by atoms with Crippen molar-refractivity contribution in [3.8, 4) is 0 Å². The smallest absolute Gasteiger partial charge is 0.227 e. The molecule has 0 bridgehead atoms. The van der Waals surface area contributed by atoms with Crippen molar-refractivity contribution in [2.45, 2.75) is 46.0 Å². The standard InChI is InChI=1S/C12H21N3O/c1-12(2,3)8-10-14-11(15-16-10)9-4-6-13-7-5-9/h9,13H,4-8H2,1-3H3. The van der Waals surface area contributed by atoms with Gasteiger partial charge in [0.1, 0.15) is 0 Å². The van der Waals surface area contributed by atoms with E-state index in [2.05, 4.69) is 36.2 Å². The highest BCUT2D eigenvalue weighted by atomic mass is 16.5. The monoisotopic (exact) mass is 223 g/mol.